The third-order valence-electron chi connectivity index (χ3n) is 3.02. The minimum absolute atomic E-state index is 0.0767. The molecule has 0 atom stereocenters. The van der Waals surface area contributed by atoms with Crippen LogP contribution in [0.3, 0.4) is 0 Å². The largest absolute Gasteiger partial charge is 0.507 e. The molecule has 0 spiro atoms. The van der Waals surface area contributed by atoms with E-state index in [4.69, 9.17) is 0 Å². The van der Waals surface area contributed by atoms with Crippen molar-refractivity contribution in [1.82, 2.24) is 9.62 Å². The van der Waals surface area contributed by atoms with E-state index in [0.717, 1.165) is 13.0 Å². The predicted octanol–water partition coefficient (Wildman–Crippen LogP) is 1.40. The topological polar surface area (TPSA) is 69.6 Å². The van der Waals surface area contributed by atoms with Gasteiger partial charge >= 0.3 is 0 Å². The van der Waals surface area contributed by atoms with Crippen molar-refractivity contribution in [2.45, 2.75) is 31.2 Å². The average molecular weight is 286 g/mol. The molecule has 0 aromatic heterocycles. The Kier molecular flexibility index (Phi) is 5.78. The van der Waals surface area contributed by atoms with Crippen molar-refractivity contribution >= 4 is 10.0 Å². The summed E-state index contributed by atoms with van der Waals surface area (Å²) in [6.45, 7) is 5.35. The fraction of sp³-hybridized carbons (Fsp3) is 0.538. The lowest BCUT2D eigenvalue weighted by atomic mass is 10.3. The average Bonchev–Trinajstić information content (AvgIpc) is 2.34. The Labute approximate surface area is 115 Å². The Morgan fingerprint density at radius 3 is 2.53 bits per heavy atom. The zero-order chi connectivity index (χ0) is 14.5. The van der Waals surface area contributed by atoms with E-state index >= 15 is 0 Å². The van der Waals surface area contributed by atoms with Gasteiger partial charge in [-0.2, -0.15) is 0 Å². The normalized spacial score (nSPS) is 12.3. The summed E-state index contributed by atoms with van der Waals surface area (Å²) < 4.78 is 26.4. The maximum Gasteiger partial charge on any atom is 0.244 e. The summed E-state index contributed by atoms with van der Waals surface area (Å²) in [5.41, 5.74) is 0. The summed E-state index contributed by atoms with van der Waals surface area (Å²) in [7, 11) is -1.63. The van der Waals surface area contributed by atoms with E-state index in [2.05, 4.69) is 23.5 Å². The molecule has 5 nitrogen and oxygen atoms in total. The maximum atomic E-state index is 11.9. The highest BCUT2D eigenvalue weighted by Crippen LogP contribution is 2.20. The van der Waals surface area contributed by atoms with E-state index in [1.54, 1.807) is 12.1 Å². The molecule has 1 aromatic rings. The highest BCUT2D eigenvalue weighted by atomic mass is 32.2. The van der Waals surface area contributed by atoms with Crippen LogP contribution in [0.5, 0.6) is 5.75 Å². The van der Waals surface area contributed by atoms with Gasteiger partial charge in [0.2, 0.25) is 10.0 Å². The van der Waals surface area contributed by atoms with E-state index in [1.165, 1.54) is 12.1 Å². The molecule has 1 rings (SSSR count). The Balaban J connectivity index is 2.51. The molecular weight excluding hydrogens is 264 g/mol. The number of benzene rings is 1. The van der Waals surface area contributed by atoms with Crippen LogP contribution in [-0.4, -0.2) is 44.6 Å². The molecule has 2 N–H and O–H groups in total. The molecule has 1 aromatic carbocycles. The molecule has 0 saturated heterocycles. The van der Waals surface area contributed by atoms with E-state index < -0.39 is 10.0 Å². The van der Waals surface area contributed by atoms with E-state index in [-0.39, 0.29) is 10.6 Å². The third kappa shape index (κ3) is 4.81. The monoisotopic (exact) mass is 286 g/mol. The zero-order valence-corrected chi connectivity index (χ0v) is 12.4. The van der Waals surface area contributed by atoms with Gasteiger partial charge in [0.25, 0.3) is 0 Å². The highest BCUT2D eigenvalue weighted by Gasteiger charge is 2.17. The molecule has 0 aliphatic carbocycles. The number of sulfonamides is 1. The van der Waals surface area contributed by atoms with Crippen LogP contribution in [0.1, 0.15) is 20.3 Å². The first-order valence-corrected chi connectivity index (χ1v) is 7.81. The first kappa shape index (κ1) is 15.9. The lowest BCUT2D eigenvalue weighted by Crippen LogP contribution is -2.31. The summed E-state index contributed by atoms with van der Waals surface area (Å²) in [5.74, 6) is -0.228. The molecule has 0 heterocycles. The Hall–Kier alpha value is -1.11. The minimum Gasteiger partial charge on any atom is -0.507 e. The summed E-state index contributed by atoms with van der Waals surface area (Å²) in [6, 6.07) is 6.36. The smallest absolute Gasteiger partial charge is 0.244 e. The van der Waals surface area contributed by atoms with Gasteiger partial charge < -0.3 is 10.0 Å². The predicted molar refractivity (Wildman–Crippen MR) is 75.7 cm³/mol. The van der Waals surface area contributed by atoms with E-state index in [9.17, 15) is 13.5 Å². The number of hydrogen-bond acceptors (Lipinski definition) is 4. The number of nitrogens with one attached hydrogen (secondary N) is 1. The minimum atomic E-state index is -3.63. The van der Waals surface area contributed by atoms with E-state index in [0.29, 0.717) is 12.6 Å². The van der Waals surface area contributed by atoms with Gasteiger partial charge in [0.05, 0.1) is 0 Å². The Morgan fingerprint density at radius 2 is 1.95 bits per heavy atom. The Morgan fingerprint density at radius 1 is 1.32 bits per heavy atom. The van der Waals surface area contributed by atoms with Gasteiger partial charge in [0.15, 0.2) is 0 Å². The summed E-state index contributed by atoms with van der Waals surface area (Å²) in [5, 5.41) is 9.54. The molecule has 6 heteroatoms. The molecule has 0 fully saturated rings. The lowest BCUT2D eigenvalue weighted by Gasteiger charge is -2.20. The van der Waals surface area contributed by atoms with Crippen molar-refractivity contribution in [3.05, 3.63) is 24.3 Å². The first-order valence-electron chi connectivity index (χ1n) is 6.32. The van der Waals surface area contributed by atoms with E-state index in [1.807, 2.05) is 7.05 Å². The van der Waals surface area contributed by atoms with Gasteiger partial charge in [-0.1, -0.05) is 12.1 Å². The van der Waals surface area contributed by atoms with Crippen LogP contribution in [0.25, 0.3) is 0 Å². The molecule has 0 unspecified atom stereocenters. The maximum absolute atomic E-state index is 11.9. The molecule has 0 saturated carbocycles. The van der Waals surface area contributed by atoms with Crippen LogP contribution in [0, 0.1) is 0 Å². The zero-order valence-electron chi connectivity index (χ0n) is 11.6. The van der Waals surface area contributed by atoms with Crippen molar-refractivity contribution in [1.29, 1.82) is 0 Å². The van der Waals surface area contributed by atoms with Crippen molar-refractivity contribution in [3.8, 4) is 5.75 Å². The lowest BCUT2D eigenvalue weighted by molar-refractivity contribution is 0.271. The molecule has 0 aliphatic rings. The standard InChI is InChI=1S/C13H22N2O3S/c1-11(2)15(3)10-6-9-14-19(17,18)13-8-5-4-7-12(13)16/h4-5,7-8,11,14,16H,6,9-10H2,1-3H3. The summed E-state index contributed by atoms with van der Waals surface area (Å²) in [6.07, 6.45) is 0.724. The van der Waals surface area contributed by atoms with Gasteiger partial charge in [-0.05, 0) is 46.0 Å². The quantitative estimate of drug-likeness (QED) is 0.743. The van der Waals surface area contributed by atoms with Gasteiger partial charge in [-0.15, -0.1) is 0 Å². The fourth-order valence-corrected chi connectivity index (χ4v) is 2.73. The van der Waals surface area contributed by atoms with Gasteiger partial charge in [0.1, 0.15) is 10.6 Å². The number of phenolic OH excluding ortho intramolecular Hbond substituents is 1. The third-order valence-corrected chi connectivity index (χ3v) is 4.52. The number of para-hydroxylation sites is 1. The van der Waals surface area contributed by atoms with Crippen molar-refractivity contribution in [3.63, 3.8) is 0 Å². The molecule has 0 radical (unpaired) electrons. The highest BCUT2D eigenvalue weighted by molar-refractivity contribution is 7.89. The van der Waals surface area contributed by atoms with Gasteiger partial charge in [-0.3, -0.25) is 0 Å². The van der Waals surface area contributed by atoms with Crippen molar-refractivity contribution < 1.29 is 13.5 Å². The summed E-state index contributed by atoms with van der Waals surface area (Å²) in [4.78, 5) is 2.07. The number of phenols is 1. The van der Waals surface area contributed by atoms with Gasteiger partial charge in [0, 0.05) is 12.6 Å². The second kappa shape index (κ2) is 6.88. The molecular formula is C13H22N2O3S. The first-order chi connectivity index (χ1) is 8.84. The van der Waals surface area contributed by atoms with Crippen molar-refractivity contribution in [2.24, 2.45) is 0 Å². The van der Waals surface area contributed by atoms with Crippen LogP contribution in [0.2, 0.25) is 0 Å². The number of rotatable bonds is 7. The summed E-state index contributed by atoms with van der Waals surface area (Å²) >= 11 is 0. The molecule has 0 amide bonds. The number of hydrogen-bond donors (Lipinski definition) is 2. The SMILES string of the molecule is CC(C)N(C)CCCNS(=O)(=O)c1ccccc1O. The molecule has 0 aliphatic heterocycles. The van der Waals surface area contributed by atoms with Crippen LogP contribution in [0.4, 0.5) is 0 Å². The number of nitrogens with zero attached hydrogens (tertiary/aromatic N) is 1. The number of aromatic hydroxyl groups is 1. The van der Waals surface area contributed by atoms with Crippen LogP contribution < -0.4 is 4.72 Å². The van der Waals surface area contributed by atoms with Gasteiger partial charge in [-0.25, -0.2) is 13.1 Å². The fourth-order valence-electron chi connectivity index (χ4n) is 1.56. The second-order valence-electron chi connectivity index (χ2n) is 4.79. The molecule has 0 bridgehead atoms. The second-order valence-corrected chi connectivity index (χ2v) is 6.53. The van der Waals surface area contributed by atoms with Crippen molar-refractivity contribution in [2.75, 3.05) is 20.1 Å². The van der Waals surface area contributed by atoms with Crippen LogP contribution in [-0.2, 0) is 10.0 Å². The van der Waals surface area contributed by atoms with Crippen LogP contribution >= 0.6 is 0 Å². The van der Waals surface area contributed by atoms with Crippen LogP contribution in [0.15, 0.2) is 29.2 Å². The molecule has 19 heavy (non-hydrogen) atoms. The Bertz CT molecular complexity index is 500. The molecule has 108 valence electrons.